The molecule has 6 heteroatoms. The van der Waals surface area contributed by atoms with E-state index in [9.17, 15) is 14.7 Å². The van der Waals surface area contributed by atoms with Crippen LogP contribution >= 0.6 is 0 Å². The quantitative estimate of drug-likeness (QED) is 0.540. The van der Waals surface area contributed by atoms with Crippen molar-refractivity contribution in [2.24, 2.45) is 0 Å². The lowest BCUT2D eigenvalue weighted by atomic mass is 10.1. The number of carbonyl (C=O) groups is 2. The molecule has 0 saturated carbocycles. The predicted molar refractivity (Wildman–Crippen MR) is 78.7 cm³/mol. The minimum atomic E-state index is -0.842. The third-order valence-electron chi connectivity index (χ3n) is 3.08. The van der Waals surface area contributed by atoms with Crippen molar-refractivity contribution in [1.29, 1.82) is 0 Å². The summed E-state index contributed by atoms with van der Waals surface area (Å²) in [5, 5.41) is 14.3. The minimum absolute atomic E-state index is 0.152. The van der Waals surface area contributed by atoms with Gasteiger partial charge in [-0.2, -0.15) is 0 Å². The molecule has 1 unspecified atom stereocenters. The number of amides is 3. The maximum absolute atomic E-state index is 11.3. The summed E-state index contributed by atoms with van der Waals surface area (Å²) in [5.41, 5.74) is 1.85. The molecule has 1 aliphatic heterocycles. The van der Waals surface area contributed by atoms with E-state index in [1.165, 1.54) is 0 Å². The Balaban J connectivity index is 1.80. The van der Waals surface area contributed by atoms with Crippen molar-refractivity contribution in [3.63, 3.8) is 0 Å². The molecular weight excluding hydrogens is 282 g/mol. The molecule has 2 aromatic rings. The average molecular weight is 293 g/mol. The molecule has 0 radical (unpaired) electrons. The number of hydrogen-bond acceptors (Lipinski definition) is 4. The monoisotopic (exact) mass is 293 g/mol. The fourth-order valence-electron chi connectivity index (χ4n) is 1.99. The van der Waals surface area contributed by atoms with Crippen molar-refractivity contribution >= 4 is 11.9 Å². The molecular formula is C16H11N3O3. The number of nitrogens with zero attached hydrogens (tertiary/aromatic N) is 1. The Hall–Kier alpha value is -3.33. The minimum Gasteiger partial charge on any atom is -0.507 e. The standard InChI is InChI=1S/C16H11N3O3/c20-14-4-2-1-3-11(14)12-7-5-10(9-17-12)6-8-13-15(21)19-16(22)18-13/h1-5,7,9,13,20H,(H2,18,19,21,22). The molecule has 22 heavy (non-hydrogen) atoms. The summed E-state index contributed by atoms with van der Waals surface area (Å²) in [6.07, 6.45) is 1.55. The van der Waals surface area contributed by atoms with Crippen LogP contribution in [0, 0.1) is 11.8 Å². The fraction of sp³-hybridized carbons (Fsp3) is 0.0625. The molecule has 0 aliphatic carbocycles. The molecule has 2 heterocycles. The summed E-state index contributed by atoms with van der Waals surface area (Å²) in [5.74, 6) is 5.14. The molecule has 3 amide bonds. The zero-order valence-electron chi connectivity index (χ0n) is 11.3. The Morgan fingerprint density at radius 3 is 2.59 bits per heavy atom. The molecule has 1 aliphatic rings. The van der Waals surface area contributed by atoms with E-state index in [4.69, 9.17) is 0 Å². The number of phenols is 1. The van der Waals surface area contributed by atoms with Crippen LogP contribution in [0.2, 0.25) is 0 Å². The smallest absolute Gasteiger partial charge is 0.322 e. The molecule has 1 saturated heterocycles. The van der Waals surface area contributed by atoms with Gasteiger partial charge >= 0.3 is 6.03 Å². The first kappa shape index (κ1) is 13.6. The summed E-state index contributed by atoms with van der Waals surface area (Å²) < 4.78 is 0. The number of imide groups is 1. The van der Waals surface area contributed by atoms with Gasteiger partial charge in [-0.3, -0.25) is 15.1 Å². The van der Waals surface area contributed by atoms with Crippen molar-refractivity contribution in [3.8, 4) is 28.8 Å². The van der Waals surface area contributed by atoms with E-state index in [1.807, 2.05) is 6.07 Å². The number of phenolic OH excluding ortho intramolecular Hbond substituents is 1. The second kappa shape index (κ2) is 5.58. The molecule has 1 atom stereocenters. The summed E-state index contributed by atoms with van der Waals surface area (Å²) in [4.78, 5) is 26.5. The van der Waals surface area contributed by atoms with E-state index in [1.54, 1.807) is 36.5 Å². The number of aromatic nitrogens is 1. The lowest BCUT2D eigenvalue weighted by Gasteiger charge is -2.03. The first-order valence-electron chi connectivity index (χ1n) is 6.51. The van der Waals surface area contributed by atoms with Crippen molar-refractivity contribution in [1.82, 2.24) is 15.6 Å². The molecule has 0 spiro atoms. The topological polar surface area (TPSA) is 91.3 Å². The molecule has 108 valence electrons. The Labute approximate surface area is 126 Å². The molecule has 1 aromatic heterocycles. The van der Waals surface area contributed by atoms with Crippen LogP contribution in [-0.2, 0) is 4.79 Å². The van der Waals surface area contributed by atoms with E-state index < -0.39 is 18.0 Å². The Morgan fingerprint density at radius 1 is 1.14 bits per heavy atom. The number of carbonyl (C=O) groups excluding carboxylic acids is 2. The van der Waals surface area contributed by atoms with Crippen LogP contribution in [0.15, 0.2) is 42.6 Å². The summed E-state index contributed by atoms with van der Waals surface area (Å²) in [6, 6.07) is 8.98. The van der Waals surface area contributed by atoms with Crippen LogP contribution in [0.4, 0.5) is 4.79 Å². The fourth-order valence-corrected chi connectivity index (χ4v) is 1.99. The molecule has 1 fully saturated rings. The highest BCUT2D eigenvalue weighted by Crippen LogP contribution is 2.26. The van der Waals surface area contributed by atoms with Gasteiger partial charge in [0.2, 0.25) is 0 Å². The van der Waals surface area contributed by atoms with Crippen molar-refractivity contribution in [2.75, 3.05) is 0 Å². The van der Waals surface area contributed by atoms with Crippen molar-refractivity contribution < 1.29 is 14.7 Å². The second-order valence-corrected chi connectivity index (χ2v) is 4.61. The highest BCUT2D eigenvalue weighted by molar-refractivity contribution is 6.05. The highest BCUT2D eigenvalue weighted by atomic mass is 16.3. The average Bonchev–Trinajstić information content (AvgIpc) is 2.84. The number of hydrogen-bond donors (Lipinski definition) is 3. The van der Waals surface area contributed by atoms with Crippen LogP contribution in [0.25, 0.3) is 11.3 Å². The number of urea groups is 1. The maximum Gasteiger partial charge on any atom is 0.322 e. The van der Waals surface area contributed by atoms with E-state index in [0.29, 0.717) is 16.8 Å². The molecule has 6 nitrogen and oxygen atoms in total. The van der Waals surface area contributed by atoms with E-state index >= 15 is 0 Å². The van der Waals surface area contributed by atoms with Gasteiger partial charge in [-0.1, -0.05) is 24.0 Å². The van der Waals surface area contributed by atoms with Gasteiger partial charge in [-0.05, 0) is 24.3 Å². The zero-order chi connectivity index (χ0) is 15.5. The maximum atomic E-state index is 11.3. The number of aromatic hydroxyl groups is 1. The van der Waals surface area contributed by atoms with Gasteiger partial charge in [0.15, 0.2) is 6.04 Å². The molecule has 1 aromatic carbocycles. The number of para-hydroxylation sites is 1. The third-order valence-corrected chi connectivity index (χ3v) is 3.08. The SMILES string of the molecule is O=C1NC(=O)C(C#Cc2ccc(-c3ccccc3O)nc2)N1. The summed E-state index contributed by atoms with van der Waals surface area (Å²) in [6.45, 7) is 0. The summed E-state index contributed by atoms with van der Waals surface area (Å²) in [7, 11) is 0. The van der Waals surface area contributed by atoms with E-state index in [-0.39, 0.29) is 5.75 Å². The molecule has 3 rings (SSSR count). The number of pyridine rings is 1. The Kier molecular flexibility index (Phi) is 3.46. The number of rotatable bonds is 1. The Bertz CT molecular complexity index is 803. The molecule has 3 N–H and O–H groups in total. The first-order valence-corrected chi connectivity index (χ1v) is 6.51. The molecule has 0 bridgehead atoms. The van der Waals surface area contributed by atoms with E-state index in [2.05, 4.69) is 27.5 Å². The van der Waals surface area contributed by atoms with Gasteiger partial charge in [0.05, 0.1) is 5.69 Å². The van der Waals surface area contributed by atoms with E-state index in [0.717, 1.165) is 0 Å². The zero-order valence-corrected chi connectivity index (χ0v) is 11.3. The largest absolute Gasteiger partial charge is 0.507 e. The van der Waals surface area contributed by atoms with Crippen LogP contribution < -0.4 is 10.6 Å². The highest BCUT2D eigenvalue weighted by Gasteiger charge is 2.27. The van der Waals surface area contributed by atoms with Crippen molar-refractivity contribution in [2.45, 2.75) is 6.04 Å². The van der Waals surface area contributed by atoms with Crippen LogP contribution in [0.3, 0.4) is 0 Å². The third kappa shape index (κ3) is 2.74. The van der Waals surface area contributed by atoms with Crippen molar-refractivity contribution in [3.05, 3.63) is 48.2 Å². The Morgan fingerprint density at radius 2 is 1.95 bits per heavy atom. The first-order chi connectivity index (χ1) is 10.6. The lowest BCUT2D eigenvalue weighted by molar-refractivity contribution is -0.119. The predicted octanol–water partition coefficient (Wildman–Crippen LogP) is 1.01. The summed E-state index contributed by atoms with van der Waals surface area (Å²) >= 11 is 0. The second-order valence-electron chi connectivity index (χ2n) is 4.61. The van der Waals surface area contributed by atoms with Gasteiger partial charge in [0, 0.05) is 17.3 Å². The van der Waals surface area contributed by atoms with Gasteiger partial charge in [0.1, 0.15) is 5.75 Å². The number of benzene rings is 1. The van der Waals surface area contributed by atoms with Crippen LogP contribution in [0.5, 0.6) is 5.75 Å². The van der Waals surface area contributed by atoms with Gasteiger partial charge in [-0.25, -0.2) is 4.79 Å². The van der Waals surface area contributed by atoms with Gasteiger partial charge < -0.3 is 10.4 Å². The number of nitrogens with one attached hydrogen (secondary N) is 2. The van der Waals surface area contributed by atoms with Gasteiger partial charge in [0.25, 0.3) is 5.91 Å². The normalized spacial score (nSPS) is 16.5. The lowest BCUT2D eigenvalue weighted by Crippen LogP contribution is -2.26. The van der Waals surface area contributed by atoms with Crippen LogP contribution in [0.1, 0.15) is 5.56 Å². The van der Waals surface area contributed by atoms with Gasteiger partial charge in [-0.15, -0.1) is 0 Å². The van der Waals surface area contributed by atoms with Crippen LogP contribution in [-0.4, -0.2) is 28.1 Å².